The Kier molecular flexibility index (Phi) is 1.66. The van der Waals surface area contributed by atoms with E-state index in [2.05, 4.69) is 5.32 Å². The van der Waals surface area contributed by atoms with E-state index in [4.69, 9.17) is 5.11 Å². The van der Waals surface area contributed by atoms with Crippen molar-refractivity contribution < 1.29 is 5.11 Å². The van der Waals surface area contributed by atoms with Crippen LogP contribution in [0.1, 0.15) is 12.8 Å². The Bertz CT molecular complexity index is 132. The summed E-state index contributed by atoms with van der Waals surface area (Å²) < 4.78 is 0. The van der Waals surface area contributed by atoms with Gasteiger partial charge in [-0.3, -0.25) is 0 Å². The van der Waals surface area contributed by atoms with Crippen LogP contribution >= 0.6 is 11.8 Å². The van der Waals surface area contributed by atoms with Crippen molar-refractivity contribution in [3.8, 4) is 0 Å². The van der Waals surface area contributed by atoms with Gasteiger partial charge in [-0.25, -0.2) is 0 Å². The zero-order chi connectivity index (χ0) is 7.03. The van der Waals surface area contributed by atoms with E-state index in [-0.39, 0.29) is 5.54 Å². The normalized spacial score (nSPS) is 29.7. The molecule has 1 saturated carbocycles. The Labute approximate surface area is 65.4 Å². The second kappa shape index (κ2) is 2.40. The lowest BCUT2D eigenvalue weighted by molar-refractivity contribution is 0.223. The molecule has 58 valence electrons. The molecule has 0 aromatic rings. The number of rotatable bonds is 3. The summed E-state index contributed by atoms with van der Waals surface area (Å²) in [4.78, 5) is 0. The minimum atomic E-state index is 0.158. The Morgan fingerprint density at radius 2 is 2.20 bits per heavy atom. The van der Waals surface area contributed by atoms with Gasteiger partial charge in [0, 0.05) is 23.1 Å². The van der Waals surface area contributed by atoms with E-state index in [0.29, 0.717) is 12.6 Å². The van der Waals surface area contributed by atoms with Crippen LogP contribution in [0.15, 0.2) is 0 Å². The number of aliphatic hydroxyl groups is 1. The van der Waals surface area contributed by atoms with Gasteiger partial charge in [-0.15, -0.1) is 0 Å². The SMILES string of the molecule is OCC1(NC2CSC2)CC1. The largest absolute Gasteiger partial charge is 0.394 e. The van der Waals surface area contributed by atoms with Gasteiger partial charge in [-0.05, 0) is 12.8 Å². The molecule has 0 unspecified atom stereocenters. The summed E-state index contributed by atoms with van der Waals surface area (Å²) in [5.74, 6) is 2.48. The lowest BCUT2D eigenvalue weighted by Crippen LogP contribution is -2.49. The highest BCUT2D eigenvalue weighted by atomic mass is 32.2. The molecule has 3 heteroatoms. The van der Waals surface area contributed by atoms with Gasteiger partial charge in [0.05, 0.1) is 6.61 Å². The van der Waals surface area contributed by atoms with Crippen LogP contribution in [0.25, 0.3) is 0 Å². The van der Waals surface area contributed by atoms with Crippen molar-refractivity contribution in [2.75, 3.05) is 18.1 Å². The first-order valence-electron chi connectivity index (χ1n) is 3.81. The molecule has 0 spiro atoms. The smallest absolute Gasteiger partial charge is 0.0613 e. The first-order chi connectivity index (χ1) is 4.85. The zero-order valence-corrected chi connectivity index (χ0v) is 6.78. The molecular weight excluding hydrogens is 146 g/mol. The molecule has 0 bridgehead atoms. The molecule has 2 fully saturated rings. The molecule has 1 saturated heterocycles. The van der Waals surface area contributed by atoms with Crippen LogP contribution in [-0.4, -0.2) is 34.8 Å². The molecule has 0 aromatic carbocycles. The molecule has 0 radical (unpaired) electrons. The molecule has 10 heavy (non-hydrogen) atoms. The fourth-order valence-electron chi connectivity index (χ4n) is 1.25. The molecule has 2 rings (SSSR count). The van der Waals surface area contributed by atoms with Gasteiger partial charge < -0.3 is 10.4 Å². The number of nitrogens with one attached hydrogen (secondary N) is 1. The lowest BCUT2D eigenvalue weighted by atomic mass is 10.2. The van der Waals surface area contributed by atoms with Crippen LogP contribution in [0, 0.1) is 0 Å². The van der Waals surface area contributed by atoms with E-state index in [1.165, 1.54) is 24.3 Å². The van der Waals surface area contributed by atoms with Crippen molar-refractivity contribution in [1.29, 1.82) is 0 Å². The van der Waals surface area contributed by atoms with Crippen molar-refractivity contribution in [2.24, 2.45) is 0 Å². The maximum Gasteiger partial charge on any atom is 0.0613 e. The van der Waals surface area contributed by atoms with E-state index in [1.54, 1.807) is 0 Å². The van der Waals surface area contributed by atoms with Crippen molar-refractivity contribution in [3.05, 3.63) is 0 Å². The average Bonchev–Trinajstić information content (AvgIpc) is 2.60. The maximum atomic E-state index is 8.96. The van der Waals surface area contributed by atoms with Gasteiger partial charge in [-0.1, -0.05) is 0 Å². The molecule has 1 aliphatic carbocycles. The van der Waals surface area contributed by atoms with Crippen LogP contribution in [0.3, 0.4) is 0 Å². The molecule has 2 nitrogen and oxygen atoms in total. The first-order valence-corrected chi connectivity index (χ1v) is 4.96. The van der Waals surface area contributed by atoms with Crippen LogP contribution in [0.5, 0.6) is 0 Å². The zero-order valence-electron chi connectivity index (χ0n) is 5.97. The third kappa shape index (κ3) is 1.18. The predicted octanol–water partition coefficient (Wildman–Crippen LogP) is 0.216. The van der Waals surface area contributed by atoms with E-state index >= 15 is 0 Å². The van der Waals surface area contributed by atoms with Gasteiger partial charge in [0.25, 0.3) is 0 Å². The van der Waals surface area contributed by atoms with Crippen LogP contribution in [-0.2, 0) is 0 Å². The predicted molar refractivity (Wildman–Crippen MR) is 43.3 cm³/mol. The fraction of sp³-hybridized carbons (Fsp3) is 1.00. The summed E-state index contributed by atoms with van der Waals surface area (Å²) >= 11 is 1.98. The Morgan fingerprint density at radius 1 is 1.50 bits per heavy atom. The van der Waals surface area contributed by atoms with E-state index in [1.807, 2.05) is 11.8 Å². The highest BCUT2D eigenvalue weighted by Crippen LogP contribution is 2.36. The quantitative estimate of drug-likeness (QED) is 0.617. The van der Waals surface area contributed by atoms with Gasteiger partial charge in [0.2, 0.25) is 0 Å². The molecule has 0 amide bonds. The van der Waals surface area contributed by atoms with Crippen LogP contribution in [0.4, 0.5) is 0 Å². The second-order valence-corrected chi connectivity index (χ2v) is 4.39. The first kappa shape index (κ1) is 6.95. The van der Waals surface area contributed by atoms with E-state index in [0.717, 1.165) is 0 Å². The number of aliphatic hydroxyl groups excluding tert-OH is 1. The summed E-state index contributed by atoms with van der Waals surface area (Å²) in [7, 11) is 0. The summed E-state index contributed by atoms with van der Waals surface area (Å²) in [5, 5.41) is 12.4. The third-order valence-electron chi connectivity index (χ3n) is 2.30. The fourth-order valence-corrected chi connectivity index (χ4v) is 1.89. The molecule has 2 aliphatic rings. The summed E-state index contributed by atoms with van der Waals surface area (Å²) in [6.45, 7) is 0.328. The van der Waals surface area contributed by atoms with Crippen molar-refractivity contribution in [3.63, 3.8) is 0 Å². The van der Waals surface area contributed by atoms with Crippen molar-refractivity contribution in [1.82, 2.24) is 5.32 Å². The summed E-state index contributed by atoms with van der Waals surface area (Å²) in [6, 6.07) is 0.694. The van der Waals surface area contributed by atoms with Crippen molar-refractivity contribution in [2.45, 2.75) is 24.4 Å². The minimum absolute atomic E-state index is 0.158. The molecule has 0 aromatic heterocycles. The van der Waals surface area contributed by atoms with Crippen molar-refractivity contribution >= 4 is 11.8 Å². The van der Waals surface area contributed by atoms with Gasteiger partial charge >= 0.3 is 0 Å². The van der Waals surface area contributed by atoms with Crippen LogP contribution in [0.2, 0.25) is 0 Å². The minimum Gasteiger partial charge on any atom is -0.394 e. The molecular formula is C7H13NOS. The molecule has 1 aliphatic heterocycles. The Morgan fingerprint density at radius 3 is 2.50 bits per heavy atom. The Hall–Kier alpha value is 0.270. The summed E-state index contributed by atoms with van der Waals surface area (Å²) in [6.07, 6.45) is 2.34. The second-order valence-electron chi connectivity index (χ2n) is 3.32. The monoisotopic (exact) mass is 159 g/mol. The maximum absolute atomic E-state index is 8.96. The summed E-state index contributed by atoms with van der Waals surface area (Å²) in [5.41, 5.74) is 0.158. The van der Waals surface area contributed by atoms with Gasteiger partial charge in [0.1, 0.15) is 0 Å². The topological polar surface area (TPSA) is 32.3 Å². The van der Waals surface area contributed by atoms with Gasteiger partial charge in [0.15, 0.2) is 0 Å². The van der Waals surface area contributed by atoms with E-state index < -0.39 is 0 Å². The average molecular weight is 159 g/mol. The molecule has 2 N–H and O–H groups in total. The molecule has 1 heterocycles. The highest BCUT2D eigenvalue weighted by Gasteiger charge is 2.44. The molecule has 0 atom stereocenters. The van der Waals surface area contributed by atoms with E-state index in [9.17, 15) is 0 Å². The number of hydrogen-bond donors (Lipinski definition) is 2. The van der Waals surface area contributed by atoms with Crippen LogP contribution < -0.4 is 5.32 Å². The van der Waals surface area contributed by atoms with Gasteiger partial charge in [-0.2, -0.15) is 11.8 Å². The highest BCUT2D eigenvalue weighted by molar-refractivity contribution is 8.00. The Balaban J connectivity index is 1.77. The number of hydrogen-bond acceptors (Lipinski definition) is 3. The lowest BCUT2D eigenvalue weighted by Gasteiger charge is -2.30. The number of thioether (sulfide) groups is 1. The third-order valence-corrected chi connectivity index (χ3v) is 3.58. The standard InChI is InChI=1S/C7H13NOS/c9-5-7(1-2-7)8-6-3-10-4-6/h6,8-9H,1-5H2.